The minimum Gasteiger partial charge on any atom is -0.389 e. The largest absolute Gasteiger partial charge is 0.389 e. The Bertz CT molecular complexity index is 370. The average molecular weight is 315 g/mol. The molecule has 21 heavy (non-hydrogen) atoms. The predicted molar refractivity (Wildman–Crippen MR) is 88.0 cm³/mol. The molecule has 1 heterocycles. The van der Waals surface area contributed by atoms with Crippen LogP contribution in [0.15, 0.2) is 12.1 Å². The number of rotatable bonds is 12. The van der Waals surface area contributed by atoms with Crippen LogP contribution in [0.5, 0.6) is 0 Å². The third-order valence-electron chi connectivity index (χ3n) is 3.17. The molecule has 2 atom stereocenters. The molecule has 1 rings (SSSR count). The first-order valence-corrected chi connectivity index (χ1v) is 8.58. The highest BCUT2D eigenvalue weighted by Crippen LogP contribution is 2.21. The topological polar surface area (TPSA) is 50.7 Å². The molecule has 0 aliphatic carbocycles. The van der Waals surface area contributed by atoms with Gasteiger partial charge in [-0.2, -0.15) is 0 Å². The van der Waals surface area contributed by atoms with E-state index in [-0.39, 0.29) is 6.04 Å². The smallest absolute Gasteiger partial charge is 0.0897 e. The number of aryl methyl sites for hydroxylation is 1. The van der Waals surface area contributed by atoms with Crippen LogP contribution < -0.4 is 5.32 Å². The highest BCUT2D eigenvalue weighted by molar-refractivity contribution is 7.12. The lowest BCUT2D eigenvalue weighted by molar-refractivity contribution is 0.00334. The standard InChI is InChI=1S/C16H29NO3S/c1-4-5-8-19-9-10-20-12-15(18)11-17-14(3)16-7-6-13(2)21-16/h6-7,14-15,17-18H,4-5,8-12H2,1-3H3. The van der Waals surface area contributed by atoms with Crippen molar-refractivity contribution in [3.63, 3.8) is 0 Å². The van der Waals surface area contributed by atoms with E-state index in [1.54, 1.807) is 11.3 Å². The van der Waals surface area contributed by atoms with E-state index in [9.17, 15) is 5.11 Å². The van der Waals surface area contributed by atoms with Crippen molar-refractivity contribution < 1.29 is 14.6 Å². The van der Waals surface area contributed by atoms with Crippen LogP contribution in [-0.2, 0) is 9.47 Å². The Morgan fingerprint density at radius 1 is 1.24 bits per heavy atom. The van der Waals surface area contributed by atoms with Gasteiger partial charge in [0.2, 0.25) is 0 Å². The molecule has 0 aromatic carbocycles. The van der Waals surface area contributed by atoms with Gasteiger partial charge in [0.1, 0.15) is 0 Å². The number of hydrogen-bond donors (Lipinski definition) is 2. The first-order valence-electron chi connectivity index (χ1n) is 7.76. The van der Waals surface area contributed by atoms with Crippen molar-refractivity contribution in [3.05, 3.63) is 21.9 Å². The van der Waals surface area contributed by atoms with Crippen molar-refractivity contribution >= 4 is 11.3 Å². The number of unbranched alkanes of at least 4 members (excludes halogenated alkanes) is 1. The molecule has 5 heteroatoms. The third kappa shape index (κ3) is 8.53. The number of nitrogens with one attached hydrogen (secondary N) is 1. The number of aliphatic hydroxyl groups excluding tert-OH is 1. The molecule has 0 spiro atoms. The van der Waals surface area contributed by atoms with E-state index in [1.807, 2.05) is 0 Å². The maximum absolute atomic E-state index is 9.87. The summed E-state index contributed by atoms with van der Waals surface area (Å²) in [5.41, 5.74) is 0. The Balaban J connectivity index is 2.02. The van der Waals surface area contributed by atoms with Crippen molar-refractivity contribution in [2.75, 3.05) is 33.0 Å². The molecule has 0 amide bonds. The Morgan fingerprint density at radius 3 is 2.67 bits per heavy atom. The number of aliphatic hydroxyl groups is 1. The second kappa shape index (κ2) is 11.2. The van der Waals surface area contributed by atoms with E-state index in [4.69, 9.17) is 9.47 Å². The molecule has 0 saturated carbocycles. The molecule has 2 unspecified atom stereocenters. The van der Waals surface area contributed by atoms with Crippen LogP contribution in [0.3, 0.4) is 0 Å². The maximum atomic E-state index is 9.87. The summed E-state index contributed by atoms with van der Waals surface area (Å²) < 4.78 is 10.8. The van der Waals surface area contributed by atoms with Gasteiger partial charge in [-0.25, -0.2) is 0 Å². The van der Waals surface area contributed by atoms with Gasteiger partial charge in [-0.15, -0.1) is 11.3 Å². The molecule has 0 aliphatic heterocycles. The Hall–Kier alpha value is -0.460. The normalized spacial score (nSPS) is 14.3. The van der Waals surface area contributed by atoms with Gasteiger partial charge in [0.25, 0.3) is 0 Å². The molecule has 2 N–H and O–H groups in total. The van der Waals surface area contributed by atoms with Crippen molar-refractivity contribution in [3.8, 4) is 0 Å². The Morgan fingerprint density at radius 2 is 2.00 bits per heavy atom. The zero-order chi connectivity index (χ0) is 15.5. The van der Waals surface area contributed by atoms with Gasteiger partial charge in [0.15, 0.2) is 0 Å². The molecule has 0 saturated heterocycles. The predicted octanol–water partition coefficient (Wildman–Crippen LogP) is 2.90. The molecule has 0 aliphatic rings. The minimum absolute atomic E-state index is 0.260. The first kappa shape index (κ1) is 18.6. The zero-order valence-corrected chi connectivity index (χ0v) is 14.2. The second-order valence-corrected chi connectivity index (χ2v) is 6.59. The summed E-state index contributed by atoms with van der Waals surface area (Å²) in [6.45, 7) is 9.18. The van der Waals surface area contributed by atoms with Crippen LogP contribution >= 0.6 is 11.3 Å². The minimum atomic E-state index is -0.482. The van der Waals surface area contributed by atoms with E-state index >= 15 is 0 Å². The molecule has 0 fully saturated rings. The van der Waals surface area contributed by atoms with Crippen molar-refractivity contribution in [1.29, 1.82) is 0 Å². The molecule has 1 aromatic heterocycles. The fourth-order valence-electron chi connectivity index (χ4n) is 1.84. The monoisotopic (exact) mass is 315 g/mol. The van der Waals surface area contributed by atoms with Crippen molar-refractivity contribution in [2.24, 2.45) is 0 Å². The summed E-state index contributed by atoms with van der Waals surface area (Å²) >= 11 is 1.79. The van der Waals surface area contributed by atoms with Crippen LogP contribution in [0.1, 0.15) is 42.5 Å². The average Bonchev–Trinajstić information content (AvgIpc) is 2.90. The van der Waals surface area contributed by atoms with Gasteiger partial charge in [-0.05, 0) is 32.4 Å². The van der Waals surface area contributed by atoms with Crippen molar-refractivity contribution in [1.82, 2.24) is 5.32 Å². The SMILES string of the molecule is CCCCOCCOCC(O)CNC(C)c1ccc(C)s1. The number of thiophene rings is 1. The number of hydrogen-bond acceptors (Lipinski definition) is 5. The highest BCUT2D eigenvalue weighted by atomic mass is 32.1. The van der Waals surface area contributed by atoms with Gasteiger partial charge < -0.3 is 19.9 Å². The molecule has 0 bridgehead atoms. The van der Waals surface area contributed by atoms with E-state index in [1.165, 1.54) is 9.75 Å². The van der Waals surface area contributed by atoms with Gasteiger partial charge in [-0.3, -0.25) is 0 Å². The quantitative estimate of drug-likeness (QED) is 0.582. The molecule has 4 nitrogen and oxygen atoms in total. The van der Waals surface area contributed by atoms with Crippen LogP contribution in [0.2, 0.25) is 0 Å². The zero-order valence-electron chi connectivity index (χ0n) is 13.4. The third-order valence-corrected chi connectivity index (χ3v) is 4.36. The lowest BCUT2D eigenvalue weighted by Gasteiger charge is -2.16. The Kier molecular flexibility index (Phi) is 9.87. The van der Waals surface area contributed by atoms with Gasteiger partial charge in [0, 0.05) is 28.9 Å². The van der Waals surface area contributed by atoms with Crippen LogP contribution in [0.4, 0.5) is 0 Å². The summed E-state index contributed by atoms with van der Waals surface area (Å²) in [7, 11) is 0. The van der Waals surface area contributed by atoms with E-state index in [2.05, 4.69) is 38.2 Å². The fraction of sp³-hybridized carbons (Fsp3) is 0.750. The Labute approximate surface area is 132 Å². The van der Waals surface area contributed by atoms with E-state index in [0.29, 0.717) is 26.4 Å². The molecular formula is C16H29NO3S. The van der Waals surface area contributed by atoms with Gasteiger partial charge >= 0.3 is 0 Å². The molecular weight excluding hydrogens is 286 g/mol. The van der Waals surface area contributed by atoms with Crippen LogP contribution in [0.25, 0.3) is 0 Å². The summed E-state index contributed by atoms with van der Waals surface area (Å²) in [5, 5.41) is 13.2. The summed E-state index contributed by atoms with van der Waals surface area (Å²) in [4.78, 5) is 2.61. The van der Waals surface area contributed by atoms with Crippen molar-refractivity contribution in [2.45, 2.75) is 45.8 Å². The van der Waals surface area contributed by atoms with Crippen LogP contribution in [0, 0.1) is 6.92 Å². The molecule has 1 aromatic rings. The first-order chi connectivity index (χ1) is 10.1. The lowest BCUT2D eigenvalue weighted by atomic mass is 10.2. The molecule has 0 radical (unpaired) electrons. The van der Waals surface area contributed by atoms with E-state index in [0.717, 1.165) is 19.4 Å². The molecule has 122 valence electrons. The second-order valence-electron chi connectivity index (χ2n) is 5.27. The summed E-state index contributed by atoms with van der Waals surface area (Å²) in [6.07, 6.45) is 1.75. The lowest BCUT2D eigenvalue weighted by Crippen LogP contribution is -2.32. The number of ether oxygens (including phenoxy) is 2. The van der Waals surface area contributed by atoms with Gasteiger partial charge in [0.05, 0.1) is 25.9 Å². The maximum Gasteiger partial charge on any atom is 0.0897 e. The summed E-state index contributed by atoms with van der Waals surface area (Å²) in [6, 6.07) is 4.51. The van der Waals surface area contributed by atoms with E-state index < -0.39 is 6.10 Å². The summed E-state index contributed by atoms with van der Waals surface area (Å²) in [5.74, 6) is 0. The van der Waals surface area contributed by atoms with Crippen LogP contribution in [-0.4, -0.2) is 44.2 Å². The highest BCUT2D eigenvalue weighted by Gasteiger charge is 2.10. The van der Waals surface area contributed by atoms with Gasteiger partial charge in [-0.1, -0.05) is 13.3 Å². The fourth-order valence-corrected chi connectivity index (χ4v) is 2.75.